The number of hydrogen-bond acceptors (Lipinski definition) is 1. The number of benzene rings is 11. The fraction of sp³-hybridized carbons (Fsp3) is 0.0476. The Morgan fingerprint density at radius 2 is 0.875 bits per heavy atom. The van der Waals surface area contributed by atoms with Gasteiger partial charge in [0.25, 0.3) is 0 Å². The molecule has 64 heavy (non-hydrogen) atoms. The van der Waals surface area contributed by atoms with Crippen LogP contribution in [0.25, 0.3) is 88.0 Å². The van der Waals surface area contributed by atoms with Crippen molar-refractivity contribution in [1.29, 1.82) is 0 Å². The lowest BCUT2D eigenvalue weighted by Crippen LogP contribution is -2.17. The Morgan fingerprint density at radius 3 is 1.72 bits per heavy atom. The van der Waals surface area contributed by atoms with Gasteiger partial charge in [0.1, 0.15) is 0 Å². The summed E-state index contributed by atoms with van der Waals surface area (Å²) in [6.07, 6.45) is 0. The van der Waals surface area contributed by atoms with Crippen molar-refractivity contribution in [3.05, 3.63) is 248 Å². The van der Waals surface area contributed by atoms with E-state index in [-0.39, 0.29) is 5.41 Å². The molecule has 1 aliphatic rings. The lowest BCUT2D eigenvalue weighted by atomic mass is 9.82. The molecule has 11 aromatic rings. The molecule has 1 heteroatoms. The topological polar surface area (TPSA) is 3.24 Å². The number of anilines is 3. The molecule has 0 fully saturated rings. The molecule has 0 saturated heterocycles. The molecular weight excluding hydrogens is 771 g/mol. The normalized spacial score (nSPS) is 12.7. The number of rotatable bonds is 7. The van der Waals surface area contributed by atoms with Gasteiger partial charge in [-0.2, -0.15) is 0 Å². The Hall–Kier alpha value is -8.00. The van der Waals surface area contributed by atoms with E-state index in [2.05, 4.69) is 255 Å². The van der Waals surface area contributed by atoms with Crippen LogP contribution in [-0.2, 0) is 5.41 Å². The van der Waals surface area contributed by atoms with Gasteiger partial charge in [-0.1, -0.05) is 208 Å². The number of nitrogens with zero attached hydrogens (tertiary/aromatic N) is 1. The average Bonchev–Trinajstić information content (AvgIpc) is 3.59. The van der Waals surface area contributed by atoms with Crippen molar-refractivity contribution in [2.45, 2.75) is 19.3 Å². The highest BCUT2D eigenvalue weighted by Gasteiger charge is 2.36. The van der Waals surface area contributed by atoms with Crippen molar-refractivity contribution in [3.8, 4) is 55.6 Å². The quantitative estimate of drug-likeness (QED) is 0.145. The molecule has 11 aromatic carbocycles. The van der Waals surface area contributed by atoms with Crippen molar-refractivity contribution >= 4 is 49.4 Å². The molecule has 0 unspecified atom stereocenters. The first-order valence-electron chi connectivity index (χ1n) is 22.3. The van der Waals surface area contributed by atoms with Crippen LogP contribution >= 0.6 is 0 Å². The standard InChI is InChI=1S/C63H45N/c1-63(2)59-31-13-12-28-55(59)56-38-37-49(41-60(56)63)64(48-35-33-44(34-36-48)51-29-15-21-43-19-6-8-24-50(43)51)61-32-16-30-57(62(61)47-23-14-22-45(39-47)42-17-4-3-5-18-42)58-40-46-20-7-9-25-52(46)53-26-10-11-27-54(53)58/h3-41H,1-2H3. The van der Waals surface area contributed by atoms with Gasteiger partial charge in [-0.3, -0.25) is 0 Å². The predicted octanol–water partition coefficient (Wildman–Crippen LogP) is 17.6. The Bertz CT molecular complexity index is 3570. The van der Waals surface area contributed by atoms with Crippen molar-refractivity contribution in [1.82, 2.24) is 0 Å². The molecule has 0 radical (unpaired) electrons. The van der Waals surface area contributed by atoms with Gasteiger partial charge in [-0.25, -0.2) is 0 Å². The monoisotopic (exact) mass is 815 g/mol. The molecule has 0 heterocycles. The van der Waals surface area contributed by atoms with Gasteiger partial charge in [0, 0.05) is 22.4 Å². The minimum atomic E-state index is -0.162. The molecule has 0 aliphatic heterocycles. The van der Waals surface area contributed by atoms with Crippen LogP contribution in [0.4, 0.5) is 17.1 Å². The molecule has 0 atom stereocenters. The fourth-order valence-corrected chi connectivity index (χ4v) is 10.5. The average molecular weight is 816 g/mol. The number of hydrogen-bond donors (Lipinski definition) is 0. The van der Waals surface area contributed by atoms with Crippen LogP contribution in [0.2, 0.25) is 0 Å². The zero-order valence-corrected chi connectivity index (χ0v) is 36.0. The van der Waals surface area contributed by atoms with Gasteiger partial charge in [0.05, 0.1) is 5.69 Å². The Morgan fingerprint density at radius 1 is 0.297 bits per heavy atom. The summed E-state index contributed by atoms with van der Waals surface area (Å²) in [6.45, 7) is 4.74. The maximum absolute atomic E-state index is 2.50. The van der Waals surface area contributed by atoms with Crippen molar-refractivity contribution < 1.29 is 0 Å². The lowest BCUT2D eigenvalue weighted by molar-refractivity contribution is 0.660. The van der Waals surface area contributed by atoms with E-state index in [1.807, 2.05) is 0 Å². The van der Waals surface area contributed by atoms with Crippen LogP contribution in [-0.4, -0.2) is 0 Å². The minimum Gasteiger partial charge on any atom is -0.310 e. The van der Waals surface area contributed by atoms with Crippen LogP contribution in [0.1, 0.15) is 25.0 Å². The van der Waals surface area contributed by atoms with Crippen molar-refractivity contribution in [3.63, 3.8) is 0 Å². The third-order valence-electron chi connectivity index (χ3n) is 13.7. The molecule has 0 aromatic heterocycles. The molecule has 1 aliphatic carbocycles. The second-order valence-electron chi connectivity index (χ2n) is 17.6. The molecule has 1 nitrogen and oxygen atoms in total. The summed E-state index contributed by atoms with van der Waals surface area (Å²) in [5.41, 5.74) is 18.1. The molecule has 302 valence electrons. The second kappa shape index (κ2) is 15.1. The van der Waals surface area contributed by atoms with Gasteiger partial charge in [-0.15, -0.1) is 0 Å². The summed E-state index contributed by atoms with van der Waals surface area (Å²) >= 11 is 0. The largest absolute Gasteiger partial charge is 0.310 e. The van der Waals surface area contributed by atoms with Crippen LogP contribution in [0.15, 0.2) is 237 Å². The van der Waals surface area contributed by atoms with E-state index in [0.29, 0.717) is 0 Å². The smallest absolute Gasteiger partial charge is 0.0546 e. The van der Waals surface area contributed by atoms with Gasteiger partial charge in [0.2, 0.25) is 0 Å². The summed E-state index contributed by atoms with van der Waals surface area (Å²) in [5, 5.41) is 7.49. The zero-order chi connectivity index (χ0) is 42.8. The second-order valence-corrected chi connectivity index (χ2v) is 17.6. The highest BCUT2D eigenvalue weighted by Crippen LogP contribution is 2.53. The van der Waals surface area contributed by atoms with Crippen LogP contribution in [0.5, 0.6) is 0 Å². The first-order valence-corrected chi connectivity index (χ1v) is 22.3. The number of fused-ring (bicyclic) bond motifs is 7. The van der Waals surface area contributed by atoms with E-state index >= 15 is 0 Å². The molecular formula is C63H45N. The summed E-state index contributed by atoms with van der Waals surface area (Å²) in [7, 11) is 0. The van der Waals surface area contributed by atoms with Crippen LogP contribution in [0, 0.1) is 0 Å². The molecule has 0 bridgehead atoms. The summed E-state index contributed by atoms with van der Waals surface area (Å²) < 4.78 is 0. The fourth-order valence-electron chi connectivity index (χ4n) is 10.5. The van der Waals surface area contributed by atoms with Gasteiger partial charge < -0.3 is 4.90 Å². The SMILES string of the molecule is CC1(C)c2ccccc2-c2ccc(N(c3ccc(-c4cccc5ccccc45)cc3)c3cccc(-c4cc5ccccc5c5ccccc45)c3-c3cccc(-c4ccccc4)c3)cc21. The molecule has 12 rings (SSSR count). The van der Waals surface area contributed by atoms with Gasteiger partial charge >= 0.3 is 0 Å². The molecule has 0 saturated carbocycles. The maximum atomic E-state index is 2.50. The van der Waals surface area contributed by atoms with E-state index in [9.17, 15) is 0 Å². The summed E-state index contributed by atoms with van der Waals surface area (Å²) in [5.74, 6) is 0. The van der Waals surface area contributed by atoms with E-state index < -0.39 is 0 Å². The Kier molecular flexibility index (Phi) is 8.91. The van der Waals surface area contributed by atoms with Crippen LogP contribution in [0.3, 0.4) is 0 Å². The maximum Gasteiger partial charge on any atom is 0.0546 e. The van der Waals surface area contributed by atoms with Crippen molar-refractivity contribution in [2.75, 3.05) is 4.90 Å². The Labute approximate surface area is 375 Å². The highest BCUT2D eigenvalue weighted by atomic mass is 15.1. The third-order valence-corrected chi connectivity index (χ3v) is 13.7. The Balaban J connectivity index is 1.14. The molecule has 0 N–H and O–H groups in total. The molecule has 0 spiro atoms. The summed E-state index contributed by atoms with van der Waals surface area (Å²) in [6, 6.07) is 87.4. The summed E-state index contributed by atoms with van der Waals surface area (Å²) in [4.78, 5) is 2.50. The van der Waals surface area contributed by atoms with Gasteiger partial charge in [-0.05, 0) is 136 Å². The minimum absolute atomic E-state index is 0.162. The van der Waals surface area contributed by atoms with E-state index in [1.54, 1.807) is 0 Å². The molecule has 0 amide bonds. The van der Waals surface area contributed by atoms with Crippen molar-refractivity contribution in [2.24, 2.45) is 0 Å². The first-order chi connectivity index (χ1) is 31.5. The predicted molar refractivity (Wildman–Crippen MR) is 273 cm³/mol. The van der Waals surface area contributed by atoms with E-state index in [4.69, 9.17) is 0 Å². The first kappa shape index (κ1) is 37.7. The van der Waals surface area contributed by atoms with E-state index in [1.165, 1.54) is 93.5 Å². The van der Waals surface area contributed by atoms with Gasteiger partial charge in [0.15, 0.2) is 0 Å². The van der Waals surface area contributed by atoms with E-state index in [0.717, 1.165) is 22.6 Å². The zero-order valence-electron chi connectivity index (χ0n) is 36.0. The lowest BCUT2D eigenvalue weighted by Gasteiger charge is -2.31. The highest BCUT2D eigenvalue weighted by molar-refractivity contribution is 6.16. The third kappa shape index (κ3) is 6.15. The van der Waals surface area contributed by atoms with Crippen LogP contribution < -0.4 is 4.90 Å².